The molecule has 1 aliphatic heterocycles. The first-order valence-corrected chi connectivity index (χ1v) is 7.53. The average molecular weight is 303 g/mol. The maximum absolute atomic E-state index is 12.6. The van der Waals surface area contributed by atoms with Crippen molar-refractivity contribution in [2.24, 2.45) is 11.8 Å². The molecule has 1 saturated carbocycles. The van der Waals surface area contributed by atoms with E-state index in [1.54, 1.807) is 18.1 Å². The molecule has 3 nitrogen and oxygen atoms in total. The van der Waals surface area contributed by atoms with E-state index in [2.05, 4.69) is 6.58 Å². The Morgan fingerprint density at radius 2 is 2.24 bits per heavy atom. The number of fused-ring (bicyclic) bond motifs is 1. The summed E-state index contributed by atoms with van der Waals surface area (Å²) in [5.41, 5.74) is 1.94. The summed E-state index contributed by atoms with van der Waals surface area (Å²) in [4.78, 5) is 15.1. The number of likely N-dealkylation sites (tertiary alicyclic amines) is 1. The molecular formula is C17H21NO2S. The summed E-state index contributed by atoms with van der Waals surface area (Å²) in [6.45, 7) is 6.67. The van der Waals surface area contributed by atoms with Gasteiger partial charge in [-0.2, -0.15) is 0 Å². The van der Waals surface area contributed by atoms with Gasteiger partial charge in [0, 0.05) is 18.6 Å². The van der Waals surface area contributed by atoms with Gasteiger partial charge in [0.1, 0.15) is 0 Å². The summed E-state index contributed by atoms with van der Waals surface area (Å²) in [6, 6.07) is 0. The zero-order valence-corrected chi connectivity index (χ0v) is 13.4. The second-order valence-electron chi connectivity index (χ2n) is 5.37. The summed E-state index contributed by atoms with van der Waals surface area (Å²) in [5, 5.41) is 0. The van der Waals surface area contributed by atoms with Gasteiger partial charge in [0.25, 0.3) is 5.91 Å². The lowest BCUT2D eigenvalue weighted by molar-refractivity contribution is -0.124. The fourth-order valence-electron chi connectivity index (χ4n) is 2.57. The van der Waals surface area contributed by atoms with Crippen molar-refractivity contribution in [3.8, 4) is 0 Å². The van der Waals surface area contributed by atoms with Crippen LogP contribution in [0.3, 0.4) is 0 Å². The number of carbonyl (C=O) groups excluding carboxylic acids is 1. The molecule has 0 aromatic heterocycles. The predicted molar refractivity (Wildman–Crippen MR) is 89.0 cm³/mol. The third kappa shape index (κ3) is 3.57. The van der Waals surface area contributed by atoms with Crippen molar-refractivity contribution >= 4 is 23.1 Å². The number of rotatable bonds is 6. The Labute approximate surface area is 131 Å². The van der Waals surface area contributed by atoms with Crippen LogP contribution in [0.2, 0.25) is 0 Å². The highest BCUT2D eigenvalue weighted by Crippen LogP contribution is 2.50. The van der Waals surface area contributed by atoms with Gasteiger partial charge in [-0.1, -0.05) is 54.8 Å². The van der Waals surface area contributed by atoms with Gasteiger partial charge in [-0.3, -0.25) is 4.79 Å². The van der Waals surface area contributed by atoms with Gasteiger partial charge < -0.3 is 9.64 Å². The maximum Gasteiger partial charge on any atom is 0.254 e. The number of methoxy groups -OCH3 is 1. The van der Waals surface area contributed by atoms with Gasteiger partial charge in [0.15, 0.2) is 0 Å². The van der Waals surface area contributed by atoms with Crippen molar-refractivity contribution in [3.05, 3.63) is 48.1 Å². The Balaban J connectivity index is 2.18. The molecule has 112 valence electrons. The quantitative estimate of drug-likeness (QED) is 0.429. The van der Waals surface area contributed by atoms with E-state index in [0.717, 1.165) is 22.6 Å². The topological polar surface area (TPSA) is 29.5 Å². The van der Waals surface area contributed by atoms with Crippen molar-refractivity contribution in [2.75, 3.05) is 20.3 Å². The van der Waals surface area contributed by atoms with Crippen LogP contribution in [0.15, 0.2) is 48.1 Å². The minimum Gasteiger partial charge on any atom is -0.383 e. The molecule has 2 unspecified atom stereocenters. The van der Waals surface area contributed by atoms with Gasteiger partial charge in [-0.15, -0.1) is 0 Å². The van der Waals surface area contributed by atoms with Crippen molar-refractivity contribution in [3.63, 3.8) is 0 Å². The second-order valence-corrected chi connectivity index (χ2v) is 5.79. The lowest BCUT2D eigenvalue weighted by Gasteiger charge is -2.28. The molecule has 0 spiro atoms. The number of amides is 1. The van der Waals surface area contributed by atoms with E-state index < -0.39 is 0 Å². The first-order valence-electron chi connectivity index (χ1n) is 7.12. The van der Waals surface area contributed by atoms with Crippen LogP contribution in [-0.4, -0.2) is 36.1 Å². The van der Waals surface area contributed by atoms with Crippen LogP contribution in [-0.2, 0) is 9.53 Å². The third-order valence-electron chi connectivity index (χ3n) is 3.77. The molecule has 0 aromatic carbocycles. The molecule has 1 aliphatic carbocycles. The van der Waals surface area contributed by atoms with Crippen LogP contribution in [0.4, 0.5) is 0 Å². The minimum atomic E-state index is 0.0382. The molecule has 0 aromatic rings. The molecule has 2 fully saturated rings. The highest BCUT2D eigenvalue weighted by atomic mass is 32.1. The summed E-state index contributed by atoms with van der Waals surface area (Å²) >= 11 is 5.42. The number of nitrogens with zero attached hydrogens (tertiary/aromatic N) is 1. The number of hydrogen-bond donors (Lipinski definition) is 0. The van der Waals surface area contributed by atoms with E-state index >= 15 is 0 Å². The summed E-state index contributed by atoms with van der Waals surface area (Å²) in [5.74, 6) is 0.712. The number of allylic oxidation sites excluding steroid dienone is 6. The minimum absolute atomic E-state index is 0.0382. The van der Waals surface area contributed by atoms with Crippen LogP contribution in [0.1, 0.15) is 13.3 Å². The molecule has 1 amide bonds. The van der Waals surface area contributed by atoms with Gasteiger partial charge in [-0.25, -0.2) is 0 Å². The number of carbonyl (C=O) groups is 1. The molecule has 0 bridgehead atoms. The number of piperidine rings is 1. The van der Waals surface area contributed by atoms with E-state index in [4.69, 9.17) is 17.0 Å². The summed E-state index contributed by atoms with van der Waals surface area (Å²) < 4.78 is 5.07. The van der Waals surface area contributed by atoms with E-state index in [1.165, 1.54) is 0 Å². The highest BCUT2D eigenvalue weighted by Gasteiger charge is 2.52. The predicted octanol–water partition coefficient (Wildman–Crippen LogP) is 3.05. The average Bonchev–Trinajstić information content (AvgIpc) is 3.24. The first-order chi connectivity index (χ1) is 10.1. The fourth-order valence-corrected chi connectivity index (χ4v) is 3.00. The normalized spacial score (nSPS) is 27.4. The Morgan fingerprint density at radius 1 is 1.48 bits per heavy atom. The van der Waals surface area contributed by atoms with Crippen LogP contribution >= 0.6 is 12.2 Å². The summed E-state index contributed by atoms with van der Waals surface area (Å²) in [6.07, 6.45) is 10.5. The maximum atomic E-state index is 12.6. The Kier molecular flexibility index (Phi) is 5.26. The van der Waals surface area contributed by atoms with Crippen LogP contribution in [0.25, 0.3) is 0 Å². The zero-order valence-electron chi connectivity index (χ0n) is 12.5. The Hall–Kier alpha value is -1.52. The van der Waals surface area contributed by atoms with E-state index in [-0.39, 0.29) is 5.91 Å². The van der Waals surface area contributed by atoms with Gasteiger partial charge in [0.2, 0.25) is 0 Å². The third-order valence-corrected chi connectivity index (χ3v) is 4.30. The number of hydrogen-bond acceptors (Lipinski definition) is 3. The molecule has 2 atom stereocenters. The largest absolute Gasteiger partial charge is 0.383 e. The molecule has 2 rings (SSSR count). The molecule has 0 N–H and O–H groups in total. The lowest BCUT2D eigenvalue weighted by Crippen LogP contribution is -2.43. The van der Waals surface area contributed by atoms with E-state index in [1.807, 2.05) is 31.2 Å². The Morgan fingerprint density at radius 3 is 2.90 bits per heavy atom. The van der Waals surface area contributed by atoms with Gasteiger partial charge in [0.05, 0.1) is 18.1 Å². The van der Waals surface area contributed by atoms with Gasteiger partial charge in [-0.05, 0) is 19.3 Å². The lowest BCUT2D eigenvalue weighted by atomic mass is 10.0. The number of ether oxygens (including phenoxy) is 1. The molecular weight excluding hydrogens is 282 g/mol. The molecule has 21 heavy (non-hydrogen) atoms. The van der Waals surface area contributed by atoms with Gasteiger partial charge >= 0.3 is 0 Å². The molecule has 0 radical (unpaired) electrons. The molecule has 2 aliphatic rings. The standard InChI is InChI=1S/C17H21NO2S/c1-4-5-6-7-12(2)10-14-13-11-15(13)17(21)18(16(14)19)8-9-20-3/h4-7,10,13,15H,1,8-9,11H2,2-3H3/b6-5-,12-7+,14-10-. The Bertz CT molecular complexity index is 545. The van der Waals surface area contributed by atoms with E-state index in [9.17, 15) is 4.79 Å². The zero-order chi connectivity index (χ0) is 15.4. The molecule has 1 saturated heterocycles. The van der Waals surface area contributed by atoms with E-state index in [0.29, 0.717) is 25.0 Å². The molecule has 1 heterocycles. The monoisotopic (exact) mass is 303 g/mol. The fraction of sp³-hybridized carbons (Fsp3) is 0.412. The van der Waals surface area contributed by atoms with Crippen molar-refractivity contribution < 1.29 is 9.53 Å². The van der Waals surface area contributed by atoms with Crippen molar-refractivity contribution in [1.82, 2.24) is 4.90 Å². The van der Waals surface area contributed by atoms with Crippen LogP contribution in [0.5, 0.6) is 0 Å². The SMILES string of the molecule is C=C\C=C/C=C(C)/C=C1\C(=O)N(CCOC)C(=S)C2CC12. The van der Waals surface area contributed by atoms with Crippen molar-refractivity contribution in [1.29, 1.82) is 0 Å². The van der Waals surface area contributed by atoms with Crippen molar-refractivity contribution in [2.45, 2.75) is 13.3 Å². The van der Waals surface area contributed by atoms with Crippen LogP contribution in [0, 0.1) is 11.8 Å². The number of thiocarbonyl (C=S) groups is 1. The second kappa shape index (κ2) is 6.96. The summed E-state index contributed by atoms with van der Waals surface area (Å²) in [7, 11) is 1.63. The van der Waals surface area contributed by atoms with Crippen LogP contribution < -0.4 is 0 Å². The smallest absolute Gasteiger partial charge is 0.254 e. The first kappa shape index (κ1) is 15.9. The molecule has 4 heteroatoms. The highest BCUT2D eigenvalue weighted by molar-refractivity contribution is 7.80.